The molecular weight excluding hydrogens is 356 g/mol. The van der Waals surface area contributed by atoms with Gasteiger partial charge >= 0.3 is 0 Å². The fourth-order valence-corrected chi connectivity index (χ4v) is 3.19. The molecule has 0 fully saturated rings. The van der Waals surface area contributed by atoms with Crippen LogP contribution in [0.4, 0.5) is 0 Å². The summed E-state index contributed by atoms with van der Waals surface area (Å²) in [5.41, 5.74) is 4.35. The highest BCUT2D eigenvalue weighted by atomic mass is 16.5. The summed E-state index contributed by atoms with van der Waals surface area (Å²) in [5, 5.41) is 4.85. The Labute approximate surface area is 159 Å². The molecule has 7 heteroatoms. The SMILES string of the molecule is Cc1ccc(-c2noc(Cn3cnc4c(oc5ccccc54)c3=O)n2)cc1C. The first-order valence-corrected chi connectivity index (χ1v) is 8.87. The van der Waals surface area contributed by atoms with Crippen molar-refractivity contribution in [1.29, 1.82) is 0 Å². The van der Waals surface area contributed by atoms with Crippen LogP contribution in [0.25, 0.3) is 33.5 Å². The topological polar surface area (TPSA) is 87.0 Å². The van der Waals surface area contributed by atoms with Crippen LogP contribution in [-0.2, 0) is 6.54 Å². The maximum atomic E-state index is 12.8. The Morgan fingerprint density at radius 3 is 2.79 bits per heavy atom. The van der Waals surface area contributed by atoms with E-state index in [1.54, 1.807) is 0 Å². The second-order valence-electron chi connectivity index (χ2n) is 6.76. The summed E-state index contributed by atoms with van der Waals surface area (Å²) >= 11 is 0. The second kappa shape index (κ2) is 6.16. The molecule has 7 nitrogen and oxygen atoms in total. The summed E-state index contributed by atoms with van der Waals surface area (Å²) in [7, 11) is 0. The Bertz CT molecular complexity index is 1390. The van der Waals surface area contributed by atoms with Gasteiger partial charge in [-0.15, -0.1) is 0 Å². The Balaban J connectivity index is 1.51. The van der Waals surface area contributed by atoms with Gasteiger partial charge in [0.05, 0.1) is 6.33 Å². The number of furan rings is 1. The van der Waals surface area contributed by atoms with Crippen molar-refractivity contribution in [2.75, 3.05) is 0 Å². The summed E-state index contributed by atoms with van der Waals surface area (Å²) in [6.07, 6.45) is 1.48. The summed E-state index contributed by atoms with van der Waals surface area (Å²) in [5.74, 6) is 0.816. The molecule has 5 rings (SSSR count). The third-order valence-corrected chi connectivity index (χ3v) is 4.89. The molecule has 0 aliphatic rings. The molecule has 3 aromatic heterocycles. The van der Waals surface area contributed by atoms with Gasteiger partial charge < -0.3 is 8.94 Å². The van der Waals surface area contributed by atoms with E-state index in [0.29, 0.717) is 22.8 Å². The highest BCUT2D eigenvalue weighted by Gasteiger charge is 2.15. The lowest BCUT2D eigenvalue weighted by Gasteiger charge is -2.01. The molecule has 5 aromatic rings. The van der Waals surface area contributed by atoms with Gasteiger partial charge in [0.15, 0.2) is 0 Å². The van der Waals surface area contributed by atoms with Crippen molar-refractivity contribution in [2.24, 2.45) is 0 Å². The molecule has 2 aromatic carbocycles. The van der Waals surface area contributed by atoms with Crippen LogP contribution < -0.4 is 5.56 Å². The molecule has 0 N–H and O–H groups in total. The smallest absolute Gasteiger partial charge is 0.297 e. The fraction of sp³-hybridized carbons (Fsp3) is 0.143. The summed E-state index contributed by atoms with van der Waals surface area (Å²) in [6.45, 7) is 4.21. The number of aromatic nitrogens is 4. The predicted octanol–water partition coefficient (Wildman–Crippen LogP) is 3.86. The number of aryl methyl sites for hydroxylation is 2. The van der Waals surface area contributed by atoms with Gasteiger partial charge in [0.1, 0.15) is 17.6 Å². The maximum absolute atomic E-state index is 12.8. The van der Waals surface area contributed by atoms with E-state index in [1.165, 1.54) is 16.5 Å². The van der Waals surface area contributed by atoms with Crippen molar-refractivity contribution >= 4 is 22.1 Å². The highest BCUT2D eigenvalue weighted by molar-refractivity contribution is 6.01. The van der Waals surface area contributed by atoms with Gasteiger partial charge in [-0.3, -0.25) is 9.36 Å². The van der Waals surface area contributed by atoms with E-state index in [2.05, 4.69) is 15.1 Å². The first kappa shape index (κ1) is 16.4. The third-order valence-electron chi connectivity index (χ3n) is 4.89. The predicted molar refractivity (Wildman–Crippen MR) is 104 cm³/mol. The second-order valence-corrected chi connectivity index (χ2v) is 6.76. The van der Waals surface area contributed by atoms with Crippen LogP contribution >= 0.6 is 0 Å². The largest absolute Gasteiger partial charge is 0.448 e. The van der Waals surface area contributed by atoms with Gasteiger partial charge in [-0.1, -0.05) is 29.4 Å². The molecule has 138 valence electrons. The monoisotopic (exact) mass is 372 g/mol. The molecule has 0 radical (unpaired) electrons. The van der Waals surface area contributed by atoms with E-state index in [1.807, 2.05) is 56.3 Å². The van der Waals surface area contributed by atoms with Crippen LogP contribution in [0.15, 0.2) is 62.5 Å². The first-order valence-electron chi connectivity index (χ1n) is 8.87. The molecule has 28 heavy (non-hydrogen) atoms. The average molecular weight is 372 g/mol. The minimum atomic E-state index is -0.285. The Morgan fingerprint density at radius 2 is 1.93 bits per heavy atom. The maximum Gasteiger partial charge on any atom is 0.297 e. The number of fused-ring (bicyclic) bond motifs is 3. The van der Waals surface area contributed by atoms with E-state index in [-0.39, 0.29) is 17.7 Å². The number of hydrogen-bond donors (Lipinski definition) is 0. The summed E-state index contributed by atoms with van der Waals surface area (Å²) in [6, 6.07) is 13.4. The molecule has 0 spiro atoms. The molecule has 0 aliphatic heterocycles. The van der Waals surface area contributed by atoms with E-state index in [9.17, 15) is 4.79 Å². The zero-order valence-corrected chi connectivity index (χ0v) is 15.3. The van der Waals surface area contributed by atoms with Gasteiger partial charge in [0.2, 0.25) is 17.3 Å². The minimum Gasteiger partial charge on any atom is -0.448 e. The van der Waals surface area contributed by atoms with Crippen molar-refractivity contribution in [3.05, 3.63) is 76.2 Å². The van der Waals surface area contributed by atoms with Crippen molar-refractivity contribution in [1.82, 2.24) is 19.7 Å². The van der Waals surface area contributed by atoms with Crippen molar-refractivity contribution in [2.45, 2.75) is 20.4 Å². The highest BCUT2D eigenvalue weighted by Crippen LogP contribution is 2.24. The Morgan fingerprint density at radius 1 is 1.07 bits per heavy atom. The van der Waals surface area contributed by atoms with E-state index in [4.69, 9.17) is 8.94 Å². The fourth-order valence-electron chi connectivity index (χ4n) is 3.19. The van der Waals surface area contributed by atoms with Crippen molar-refractivity contribution < 1.29 is 8.94 Å². The molecule has 0 bridgehead atoms. The lowest BCUT2D eigenvalue weighted by molar-refractivity contribution is 0.369. The van der Waals surface area contributed by atoms with E-state index in [0.717, 1.165) is 16.5 Å². The number of hydrogen-bond acceptors (Lipinski definition) is 6. The van der Waals surface area contributed by atoms with Gasteiger partial charge in [0.25, 0.3) is 5.56 Å². The van der Waals surface area contributed by atoms with Crippen LogP contribution in [0.3, 0.4) is 0 Å². The molecule has 0 amide bonds. The number of benzene rings is 2. The van der Waals surface area contributed by atoms with E-state index < -0.39 is 0 Å². The van der Waals surface area contributed by atoms with Crippen molar-refractivity contribution in [3.8, 4) is 11.4 Å². The average Bonchev–Trinajstić information content (AvgIpc) is 3.31. The minimum absolute atomic E-state index is 0.122. The number of nitrogens with zero attached hydrogens (tertiary/aromatic N) is 4. The first-order chi connectivity index (χ1) is 13.6. The standard InChI is InChI=1S/C21H16N4O3/c1-12-7-8-14(9-13(12)2)20-23-17(28-24-20)10-25-11-22-18-15-5-3-4-6-16(15)27-19(18)21(25)26/h3-9,11H,10H2,1-2H3. The zero-order chi connectivity index (χ0) is 19.3. The van der Waals surface area contributed by atoms with Crippen LogP contribution in [0.1, 0.15) is 17.0 Å². The van der Waals surface area contributed by atoms with Crippen LogP contribution in [0, 0.1) is 13.8 Å². The number of para-hydroxylation sites is 1. The van der Waals surface area contributed by atoms with Crippen LogP contribution in [0.2, 0.25) is 0 Å². The van der Waals surface area contributed by atoms with Gasteiger partial charge in [-0.2, -0.15) is 4.98 Å². The Hall–Kier alpha value is -3.74. The normalized spacial score (nSPS) is 11.5. The van der Waals surface area contributed by atoms with Gasteiger partial charge in [0, 0.05) is 10.9 Å². The third kappa shape index (κ3) is 2.60. The number of rotatable bonds is 3. The van der Waals surface area contributed by atoms with Crippen LogP contribution in [-0.4, -0.2) is 19.7 Å². The van der Waals surface area contributed by atoms with E-state index >= 15 is 0 Å². The molecule has 0 aliphatic carbocycles. The van der Waals surface area contributed by atoms with Crippen LogP contribution in [0.5, 0.6) is 0 Å². The summed E-state index contributed by atoms with van der Waals surface area (Å²) < 4.78 is 12.4. The molecule has 3 heterocycles. The van der Waals surface area contributed by atoms with Crippen molar-refractivity contribution in [3.63, 3.8) is 0 Å². The lowest BCUT2D eigenvalue weighted by atomic mass is 10.1. The van der Waals surface area contributed by atoms with Gasteiger partial charge in [-0.25, -0.2) is 4.98 Å². The molecule has 0 unspecified atom stereocenters. The molecule has 0 saturated heterocycles. The quantitative estimate of drug-likeness (QED) is 0.478. The molecular formula is C21H16N4O3. The lowest BCUT2D eigenvalue weighted by Crippen LogP contribution is -2.20. The molecule has 0 atom stereocenters. The summed E-state index contributed by atoms with van der Waals surface area (Å²) in [4.78, 5) is 21.6. The zero-order valence-electron chi connectivity index (χ0n) is 15.3. The van der Waals surface area contributed by atoms with Gasteiger partial charge in [-0.05, 0) is 43.2 Å². The molecule has 0 saturated carbocycles. The Kier molecular flexibility index (Phi) is 3.61.